The Morgan fingerprint density at radius 2 is 2.00 bits per heavy atom. The van der Waals surface area contributed by atoms with E-state index in [0.29, 0.717) is 13.0 Å². The SMILES string of the molecule is CC(C)Oc1ccc(CNCCC(N)=O)cc1. The molecule has 0 saturated heterocycles. The highest BCUT2D eigenvalue weighted by molar-refractivity contribution is 5.73. The molecule has 0 saturated carbocycles. The van der Waals surface area contributed by atoms with Gasteiger partial charge in [0.15, 0.2) is 0 Å². The van der Waals surface area contributed by atoms with Crippen LogP contribution in [0.3, 0.4) is 0 Å². The fourth-order valence-corrected chi connectivity index (χ4v) is 1.40. The van der Waals surface area contributed by atoms with E-state index in [1.165, 1.54) is 0 Å². The van der Waals surface area contributed by atoms with Gasteiger partial charge in [-0.2, -0.15) is 0 Å². The summed E-state index contributed by atoms with van der Waals surface area (Å²) in [5.74, 6) is 0.596. The summed E-state index contributed by atoms with van der Waals surface area (Å²) in [6.45, 7) is 5.34. The van der Waals surface area contributed by atoms with Gasteiger partial charge in [-0.05, 0) is 31.5 Å². The van der Waals surface area contributed by atoms with Crippen LogP contribution in [-0.2, 0) is 11.3 Å². The van der Waals surface area contributed by atoms with E-state index in [9.17, 15) is 4.79 Å². The average Bonchev–Trinajstić information content (AvgIpc) is 2.25. The summed E-state index contributed by atoms with van der Waals surface area (Å²) in [7, 11) is 0. The number of nitrogens with two attached hydrogens (primary N) is 1. The molecule has 1 aromatic rings. The molecule has 0 unspecified atom stereocenters. The van der Waals surface area contributed by atoms with Crippen molar-refractivity contribution in [2.45, 2.75) is 32.9 Å². The number of primary amides is 1. The van der Waals surface area contributed by atoms with Gasteiger partial charge in [0, 0.05) is 19.5 Å². The lowest BCUT2D eigenvalue weighted by Gasteiger charge is -2.10. The predicted octanol–water partition coefficient (Wildman–Crippen LogP) is 1.44. The monoisotopic (exact) mass is 236 g/mol. The van der Waals surface area contributed by atoms with E-state index in [4.69, 9.17) is 10.5 Å². The van der Waals surface area contributed by atoms with Gasteiger partial charge in [0.1, 0.15) is 5.75 Å². The average molecular weight is 236 g/mol. The molecule has 3 N–H and O–H groups in total. The molecule has 1 rings (SSSR count). The predicted molar refractivity (Wildman–Crippen MR) is 67.7 cm³/mol. The van der Waals surface area contributed by atoms with Crippen molar-refractivity contribution in [1.82, 2.24) is 5.32 Å². The van der Waals surface area contributed by atoms with E-state index < -0.39 is 0 Å². The van der Waals surface area contributed by atoms with Crippen molar-refractivity contribution in [2.75, 3.05) is 6.54 Å². The topological polar surface area (TPSA) is 64.3 Å². The molecule has 0 atom stereocenters. The second-order valence-electron chi connectivity index (χ2n) is 4.20. The molecule has 0 bridgehead atoms. The lowest BCUT2D eigenvalue weighted by molar-refractivity contribution is -0.117. The molecule has 0 aliphatic heterocycles. The molecular formula is C13H20N2O2. The van der Waals surface area contributed by atoms with Gasteiger partial charge in [-0.3, -0.25) is 4.79 Å². The van der Waals surface area contributed by atoms with Crippen LogP contribution in [0.15, 0.2) is 24.3 Å². The third-order valence-electron chi connectivity index (χ3n) is 2.17. The Balaban J connectivity index is 2.32. The van der Waals surface area contributed by atoms with Gasteiger partial charge in [-0.1, -0.05) is 12.1 Å². The molecule has 0 heterocycles. The summed E-state index contributed by atoms with van der Waals surface area (Å²) >= 11 is 0. The number of carbonyl (C=O) groups excluding carboxylic acids is 1. The van der Waals surface area contributed by atoms with Crippen molar-refractivity contribution in [3.8, 4) is 5.75 Å². The van der Waals surface area contributed by atoms with Gasteiger partial charge in [-0.15, -0.1) is 0 Å². The first-order valence-electron chi connectivity index (χ1n) is 5.82. The van der Waals surface area contributed by atoms with Gasteiger partial charge in [0.05, 0.1) is 6.10 Å². The van der Waals surface area contributed by atoms with Gasteiger partial charge in [0.2, 0.25) is 5.91 Å². The normalized spacial score (nSPS) is 10.5. The smallest absolute Gasteiger partial charge is 0.218 e. The lowest BCUT2D eigenvalue weighted by atomic mass is 10.2. The van der Waals surface area contributed by atoms with Crippen LogP contribution in [0.4, 0.5) is 0 Å². The highest BCUT2D eigenvalue weighted by Gasteiger charge is 1.98. The van der Waals surface area contributed by atoms with Crippen LogP contribution in [0.2, 0.25) is 0 Å². The molecule has 94 valence electrons. The van der Waals surface area contributed by atoms with Crippen LogP contribution in [0, 0.1) is 0 Å². The van der Waals surface area contributed by atoms with Gasteiger partial charge in [0.25, 0.3) is 0 Å². The zero-order chi connectivity index (χ0) is 12.7. The molecule has 0 radical (unpaired) electrons. The minimum atomic E-state index is -0.279. The molecule has 1 aromatic carbocycles. The number of hydrogen-bond acceptors (Lipinski definition) is 3. The Morgan fingerprint density at radius 1 is 1.35 bits per heavy atom. The number of ether oxygens (including phenoxy) is 1. The Morgan fingerprint density at radius 3 is 2.53 bits per heavy atom. The minimum absolute atomic E-state index is 0.189. The van der Waals surface area contributed by atoms with E-state index in [1.807, 2.05) is 38.1 Å². The Bertz CT molecular complexity index is 347. The van der Waals surface area contributed by atoms with Crippen molar-refractivity contribution < 1.29 is 9.53 Å². The summed E-state index contributed by atoms with van der Waals surface area (Å²) < 4.78 is 5.54. The van der Waals surface area contributed by atoms with Crippen LogP contribution in [0.5, 0.6) is 5.75 Å². The standard InChI is InChI=1S/C13H20N2O2/c1-10(2)17-12-5-3-11(4-6-12)9-15-8-7-13(14)16/h3-6,10,15H,7-9H2,1-2H3,(H2,14,16). The van der Waals surface area contributed by atoms with E-state index in [1.54, 1.807) is 0 Å². The molecule has 4 heteroatoms. The zero-order valence-corrected chi connectivity index (χ0v) is 10.4. The molecule has 4 nitrogen and oxygen atoms in total. The molecule has 17 heavy (non-hydrogen) atoms. The van der Waals surface area contributed by atoms with E-state index >= 15 is 0 Å². The van der Waals surface area contributed by atoms with Crippen molar-refractivity contribution in [3.05, 3.63) is 29.8 Å². The van der Waals surface area contributed by atoms with Crippen molar-refractivity contribution in [2.24, 2.45) is 5.73 Å². The Kier molecular flexibility index (Phi) is 5.49. The molecule has 0 aromatic heterocycles. The molecule has 0 aliphatic carbocycles. The first kappa shape index (κ1) is 13.5. The van der Waals surface area contributed by atoms with Crippen LogP contribution >= 0.6 is 0 Å². The number of benzene rings is 1. The van der Waals surface area contributed by atoms with E-state index in [-0.39, 0.29) is 12.0 Å². The molecule has 0 aliphatic rings. The number of hydrogen-bond donors (Lipinski definition) is 2. The highest BCUT2D eigenvalue weighted by atomic mass is 16.5. The largest absolute Gasteiger partial charge is 0.491 e. The van der Waals surface area contributed by atoms with Gasteiger partial charge >= 0.3 is 0 Å². The van der Waals surface area contributed by atoms with Crippen molar-refractivity contribution >= 4 is 5.91 Å². The first-order chi connectivity index (χ1) is 8.08. The second-order valence-corrected chi connectivity index (χ2v) is 4.20. The third kappa shape index (κ3) is 5.92. The number of amides is 1. The summed E-state index contributed by atoms with van der Waals surface area (Å²) in [6.07, 6.45) is 0.559. The molecule has 0 fully saturated rings. The minimum Gasteiger partial charge on any atom is -0.491 e. The van der Waals surface area contributed by atoms with Gasteiger partial charge < -0.3 is 15.8 Å². The van der Waals surface area contributed by atoms with Gasteiger partial charge in [-0.25, -0.2) is 0 Å². The quantitative estimate of drug-likeness (QED) is 0.704. The third-order valence-corrected chi connectivity index (χ3v) is 2.17. The van der Waals surface area contributed by atoms with Crippen LogP contribution in [-0.4, -0.2) is 18.6 Å². The summed E-state index contributed by atoms with van der Waals surface area (Å²) in [5.41, 5.74) is 6.20. The zero-order valence-electron chi connectivity index (χ0n) is 10.4. The van der Waals surface area contributed by atoms with E-state index in [2.05, 4.69) is 5.32 Å². The highest BCUT2D eigenvalue weighted by Crippen LogP contribution is 2.13. The van der Waals surface area contributed by atoms with Crippen molar-refractivity contribution in [3.63, 3.8) is 0 Å². The molecular weight excluding hydrogens is 216 g/mol. The fourth-order valence-electron chi connectivity index (χ4n) is 1.40. The second kappa shape index (κ2) is 6.91. The number of rotatable bonds is 7. The summed E-state index contributed by atoms with van der Waals surface area (Å²) in [4.78, 5) is 10.5. The fraction of sp³-hybridized carbons (Fsp3) is 0.462. The molecule has 0 spiro atoms. The number of carbonyl (C=O) groups is 1. The first-order valence-corrected chi connectivity index (χ1v) is 5.82. The van der Waals surface area contributed by atoms with Crippen molar-refractivity contribution in [1.29, 1.82) is 0 Å². The van der Waals surface area contributed by atoms with Crippen LogP contribution in [0.1, 0.15) is 25.8 Å². The Hall–Kier alpha value is -1.55. The summed E-state index contributed by atoms with van der Waals surface area (Å²) in [5, 5.41) is 3.15. The lowest BCUT2D eigenvalue weighted by Crippen LogP contribution is -2.21. The Labute approximate surface area is 102 Å². The maximum Gasteiger partial charge on any atom is 0.218 e. The molecule has 1 amide bonds. The number of nitrogens with one attached hydrogen (secondary N) is 1. The van der Waals surface area contributed by atoms with Crippen LogP contribution < -0.4 is 15.8 Å². The van der Waals surface area contributed by atoms with E-state index in [0.717, 1.165) is 17.9 Å². The summed E-state index contributed by atoms with van der Waals surface area (Å²) in [6, 6.07) is 7.92. The maximum atomic E-state index is 10.5. The maximum absolute atomic E-state index is 10.5. The van der Waals surface area contributed by atoms with Crippen LogP contribution in [0.25, 0.3) is 0 Å².